The molecule has 8 nitrogen and oxygen atoms in total. The highest BCUT2D eigenvalue weighted by Gasteiger charge is 2.10. The molecule has 3 aromatic rings. The number of carbonyl (C=O) groups excluding carboxylic acids is 1. The summed E-state index contributed by atoms with van der Waals surface area (Å²) in [5.41, 5.74) is 2.50. The number of hydrogen-bond donors (Lipinski definition) is 0. The SMILES string of the molecule is C/C=C(\C=C/CF)CSc1nc(=O)c(Cc2cnc(=O)n(CC=O)c2)cn1C.C=C.CN(C)Cc1ccccc1. The molecule has 0 N–H and O–H groups in total. The largest absolute Gasteiger partial charge is 0.347 e. The van der Waals surface area contributed by atoms with Crippen molar-refractivity contribution in [3.05, 3.63) is 123 Å². The molecule has 2 aromatic heterocycles. The third-order valence-corrected chi connectivity index (χ3v) is 6.31. The van der Waals surface area contributed by atoms with Gasteiger partial charge in [0.05, 0.1) is 6.54 Å². The van der Waals surface area contributed by atoms with Crippen LogP contribution in [0.3, 0.4) is 0 Å². The van der Waals surface area contributed by atoms with E-state index in [0.717, 1.165) is 12.1 Å². The number of halogens is 1. The molecule has 0 radical (unpaired) electrons. The van der Waals surface area contributed by atoms with Crippen molar-refractivity contribution in [2.75, 3.05) is 26.5 Å². The first-order valence-corrected chi connectivity index (χ1v) is 13.5. The first kappa shape index (κ1) is 34.1. The van der Waals surface area contributed by atoms with Crippen LogP contribution in [0.25, 0.3) is 0 Å². The molecule has 0 aliphatic heterocycles. The lowest BCUT2D eigenvalue weighted by atomic mass is 10.1. The van der Waals surface area contributed by atoms with Crippen LogP contribution in [0, 0.1) is 0 Å². The average molecular weight is 568 g/mol. The zero-order chi connectivity index (χ0) is 29.9. The van der Waals surface area contributed by atoms with E-state index in [1.165, 1.54) is 40.4 Å². The molecular formula is C30H38FN5O3S. The van der Waals surface area contributed by atoms with E-state index in [-0.39, 0.29) is 18.5 Å². The molecule has 0 spiro atoms. The Morgan fingerprint density at radius 1 is 1.12 bits per heavy atom. The number of aromatic nitrogens is 4. The maximum atomic E-state index is 12.4. The van der Waals surface area contributed by atoms with Gasteiger partial charge in [-0.1, -0.05) is 60.3 Å². The molecule has 1 aromatic carbocycles. The molecule has 3 rings (SSSR count). The molecule has 0 saturated carbocycles. The van der Waals surface area contributed by atoms with Crippen LogP contribution in [0.2, 0.25) is 0 Å². The minimum absolute atomic E-state index is 0.0877. The molecule has 0 bridgehead atoms. The van der Waals surface area contributed by atoms with Crippen LogP contribution in [0.5, 0.6) is 0 Å². The second kappa shape index (κ2) is 19.2. The van der Waals surface area contributed by atoms with Crippen LogP contribution in [-0.2, 0) is 31.4 Å². The fraction of sp³-hybridized carbons (Fsp3) is 0.300. The standard InChI is InChI=1S/C19H21FN4O3S.C9H13N.C2H4/c1-3-14(5-4-6-20)13-28-19-22-17(26)16(12-23(19)2)9-15-10-21-18(27)24(11-15)7-8-25;1-10(2)8-9-6-4-3-5-7-9;1-2/h3-5,8,10-12H,6-7,9,13H2,1-2H3;3-7H,8H2,1-2H3;1-2H2/b5-4-,14-3+;;. The highest BCUT2D eigenvalue weighted by molar-refractivity contribution is 7.99. The van der Waals surface area contributed by atoms with Crippen molar-refractivity contribution < 1.29 is 9.18 Å². The molecule has 0 amide bonds. The number of rotatable bonds is 11. The molecule has 10 heteroatoms. The lowest BCUT2D eigenvalue weighted by Gasteiger charge is -2.10. The van der Waals surface area contributed by atoms with Crippen molar-refractivity contribution >= 4 is 18.0 Å². The summed E-state index contributed by atoms with van der Waals surface area (Å²) in [7, 11) is 5.94. The summed E-state index contributed by atoms with van der Waals surface area (Å²) in [6, 6.07) is 10.5. The van der Waals surface area contributed by atoms with E-state index in [1.54, 1.807) is 23.9 Å². The van der Waals surface area contributed by atoms with Gasteiger partial charge < -0.3 is 14.3 Å². The Kier molecular flexibility index (Phi) is 16.4. The van der Waals surface area contributed by atoms with Gasteiger partial charge in [0.15, 0.2) is 5.16 Å². The summed E-state index contributed by atoms with van der Waals surface area (Å²) in [5, 5.41) is 0.547. The average Bonchev–Trinajstić information content (AvgIpc) is 2.95. The predicted octanol–water partition coefficient (Wildman–Crippen LogP) is 4.24. The topological polar surface area (TPSA) is 90.1 Å². The third kappa shape index (κ3) is 12.3. The molecule has 0 fully saturated rings. The van der Waals surface area contributed by atoms with Crippen molar-refractivity contribution in [3.63, 3.8) is 0 Å². The number of alkyl halides is 1. The normalized spacial score (nSPS) is 11.0. The van der Waals surface area contributed by atoms with Crippen molar-refractivity contribution in [1.29, 1.82) is 0 Å². The Bertz CT molecular complexity index is 1370. The highest BCUT2D eigenvalue weighted by Crippen LogP contribution is 2.18. The van der Waals surface area contributed by atoms with Gasteiger partial charge in [-0.15, -0.1) is 13.2 Å². The quantitative estimate of drug-likeness (QED) is 0.113. The fourth-order valence-electron chi connectivity index (χ4n) is 3.38. The summed E-state index contributed by atoms with van der Waals surface area (Å²) in [5.74, 6) is 0.563. The van der Waals surface area contributed by atoms with Gasteiger partial charge >= 0.3 is 5.69 Å². The zero-order valence-corrected chi connectivity index (χ0v) is 24.4. The number of aryl methyl sites for hydroxylation is 1. The van der Waals surface area contributed by atoms with Gasteiger partial charge in [0.25, 0.3) is 5.56 Å². The van der Waals surface area contributed by atoms with E-state index in [4.69, 9.17) is 0 Å². The Morgan fingerprint density at radius 3 is 2.42 bits per heavy atom. The second-order valence-electron chi connectivity index (χ2n) is 8.64. The van der Waals surface area contributed by atoms with Crippen molar-refractivity contribution in [2.45, 2.75) is 31.6 Å². The number of thioether (sulfide) groups is 1. The molecule has 0 saturated heterocycles. The summed E-state index contributed by atoms with van der Waals surface area (Å²) in [6.45, 7) is 8.28. The first-order chi connectivity index (χ1) is 19.3. The number of nitrogens with zero attached hydrogens (tertiary/aromatic N) is 5. The van der Waals surface area contributed by atoms with Crippen molar-refractivity contribution in [3.8, 4) is 0 Å². The number of allylic oxidation sites excluding steroid dienone is 3. The highest BCUT2D eigenvalue weighted by atomic mass is 32.2. The van der Waals surface area contributed by atoms with Crippen molar-refractivity contribution in [2.24, 2.45) is 7.05 Å². The number of aldehydes is 1. The van der Waals surface area contributed by atoms with E-state index in [1.807, 2.05) is 19.1 Å². The van der Waals surface area contributed by atoms with Gasteiger partial charge in [0.1, 0.15) is 13.0 Å². The molecule has 40 heavy (non-hydrogen) atoms. The summed E-state index contributed by atoms with van der Waals surface area (Å²) >= 11 is 1.38. The molecule has 0 aliphatic carbocycles. The number of benzene rings is 1. The van der Waals surface area contributed by atoms with Crippen LogP contribution in [0.1, 0.15) is 23.6 Å². The summed E-state index contributed by atoms with van der Waals surface area (Å²) < 4.78 is 15.2. The molecular weight excluding hydrogens is 529 g/mol. The zero-order valence-electron chi connectivity index (χ0n) is 23.6. The van der Waals surface area contributed by atoms with E-state index in [9.17, 15) is 18.8 Å². The predicted molar refractivity (Wildman–Crippen MR) is 162 cm³/mol. The Labute approximate surface area is 239 Å². The van der Waals surface area contributed by atoms with Crippen LogP contribution >= 0.6 is 11.8 Å². The van der Waals surface area contributed by atoms with Gasteiger partial charge in [-0.2, -0.15) is 4.98 Å². The third-order valence-electron chi connectivity index (χ3n) is 5.20. The second-order valence-corrected chi connectivity index (χ2v) is 9.58. The Hall–Kier alpha value is -3.89. The van der Waals surface area contributed by atoms with Gasteiger partial charge in [-0.25, -0.2) is 14.2 Å². The monoisotopic (exact) mass is 567 g/mol. The van der Waals surface area contributed by atoms with Gasteiger partial charge in [0.2, 0.25) is 0 Å². The van der Waals surface area contributed by atoms with E-state index >= 15 is 0 Å². The molecule has 214 valence electrons. The molecule has 0 aliphatic rings. The van der Waals surface area contributed by atoms with E-state index in [0.29, 0.717) is 28.3 Å². The smallest absolute Gasteiger partial charge is 0.330 e. The molecule has 0 atom stereocenters. The fourth-order valence-corrected chi connectivity index (χ4v) is 4.34. The first-order valence-electron chi connectivity index (χ1n) is 12.5. The minimum Gasteiger partial charge on any atom is -0.330 e. The number of hydrogen-bond acceptors (Lipinski definition) is 7. The van der Waals surface area contributed by atoms with Crippen molar-refractivity contribution in [1.82, 2.24) is 24.0 Å². The summed E-state index contributed by atoms with van der Waals surface area (Å²) in [6.07, 6.45) is 10.5. The van der Waals surface area contributed by atoms with Crippen LogP contribution < -0.4 is 11.2 Å². The number of carbonyl (C=O) groups is 1. The molecule has 0 unspecified atom stereocenters. The molecule has 2 heterocycles. The van der Waals surface area contributed by atoms with Gasteiger partial charge in [-0.05, 0) is 37.7 Å². The minimum atomic E-state index is -0.525. The maximum Gasteiger partial charge on any atom is 0.347 e. The van der Waals surface area contributed by atoms with Crippen LogP contribution in [0.15, 0.2) is 101 Å². The van der Waals surface area contributed by atoms with E-state index in [2.05, 4.69) is 66.4 Å². The lowest BCUT2D eigenvalue weighted by molar-refractivity contribution is -0.108. The summed E-state index contributed by atoms with van der Waals surface area (Å²) in [4.78, 5) is 44.6. The van der Waals surface area contributed by atoms with Crippen LogP contribution in [0.4, 0.5) is 4.39 Å². The van der Waals surface area contributed by atoms with Gasteiger partial charge in [-0.3, -0.25) is 9.36 Å². The maximum absolute atomic E-state index is 12.4. The van der Waals surface area contributed by atoms with E-state index < -0.39 is 12.4 Å². The van der Waals surface area contributed by atoms with Gasteiger partial charge in [0, 0.05) is 49.9 Å². The Morgan fingerprint density at radius 2 is 1.82 bits per heavy atom. The Balaban J connectivity index is 0.000000555. The lowest BCUT2D eigenvalue weighted by Crippen LogP contribution is -2.24. The van der Waals surface area contributed by atoms with Crippen LogP contribution in [-0.4, -0.2) is 56.8 Å².